The minimum atomic E-state index is -0.190. The summed E-state index contributed by atoms with van der Waals surface area (Å²) in [6.07, 6.45) is 0. The third kappa shape index (κ3) is 3.20. The SMILES string of the molecule is CC(=O)Nc1nc(NCc2ccccc2)c2ccccc2n1. The monoisotopic (exact) mass is 292 g/mol. The molecule has 0 aliphatic rings. The van der Waals surface area contributed by atoms with Crippen LogP contribution in [0.25, 0.3) is 10.9 Å². The van der Waals surface area contributed by atoms with Gasteiger partial charge in [0.15, 0.2) is 0 Å². The smallest absolute Gasteiger partial charge is 0.231 e. The van der Waals surface area contributed by atoms with Crippen molar-refractivity contribution in [3.8, 4) is 0 Å². The zero-order valence-electron chi connectivity index (χ0n) is 12.2. The van der Waals surface area contributed by atoms with Gasteiger partial charge in [-0.2, -0.15) is 4.98 Å². The zero-order valence-corrected chi connectivity index (χ0v) is 12.2. The Bertz CT molecular complexity index is 802. The number of amides is 1. The maximum absolute atomic E-state index is 11.2. The number of fused-ring (bicyclic) bond motifs is 1. The van der Waals surface area contributed by atoms with Crippen molar-refractivity contribution < 1.29 is 4.79 Å². The van der Waals surface area contributed by atoms with Gasteiger partial charge in [0, 0.05) is 18.9 Å². The number of nitrogens with one attached hydrogen (secondary N) is 2. The molecule has 0 saturated carbocycles. The molecule has 3 aromatic rings. The van der Waals surface area contributed by atoms with Crippen LogP contribution in [0.1, 0.15) is 12.5 Å². The largest absolute Gasteiger partial charge is 0.365 e. The number of anilines is 2. The van der Waals surface area contributed by atoms with Crippen molar-refractivity contribution in [3.63, 3.8) is 0 Å². The van der Waals surface area contributed by atoms with Crippen LogP contribution in [0.5, 0.6) is 0 Å². The first-order chi connectivity index (χ1) is 10.7. The molecule has 2 aromatic carbocycles. The van der Waals surface area contributed by atoms with Crippen LogP contribution in [0.4, 0.5) is 11.8 Å². The number of carbonyl (C=O) groups excluding carboxylic acids is 1. The van der Waals surface area contributed by atoms with Crippen molar-refractivity contribution in [3.05, 3.63) is 60.2 Å². The second-order valence-corrected chi connectivity index (χ2v) is 4.93. The first-order valence-electron chi connectivity index (χ1n) is 7.04. The molecule has 0 unspecified atom stereocenters. The minimum Gasteiger partial charge on any atom is -0.365 e. The Balaban J connectivity index is 1.93. The van der Waals surface area contributed by atoms with E-state index in [1.807, 2.05) is 54.6 Å². The van der Waals surface area contributed by atoms with Gasteiger partial charge in [-0.05, 0) is 17.7 Å². The Kier molecular flexibility index (Phi) is 3.96. The second kappa shape index (κ2) is 6.22. The molecule has 22 heavy (non-hydrogen) atoms. The Hall–Kier alpha value is -2.95. The lowest BCUT2D eigenvalue weighted by atomic mass is 10.2. The van der Waals surface area contributed by atoms with Crippen LogP contribution in [0, 0.1) is 0 Å². The van der Waals surface area contributed by atoms with Crippen molar-refractivity contribution in [2.24, 2.45) is 0 Å². The molecule has 5 heteroatoms. The number of rotatable bonds is 4. The molecule has 0 aliphatic heterocycles. The van der Waals surface area contributed by atoms with Crippen LogP contribution in [-0.2, 0) is 11.3 Å². The highest BCUT2D eigenvalue weighted by Crippen LogP contribution is 2.22. The lowest BCUT2D eigenvalue weighted by Crippen LogP contribution is -2.11. The van der Waals surface area contributed by atoms with Gasteiger partial charge < -0.3 is 5.32 Å². The van der Waals surface area contributed by atoms with Crippen LogP contribution < -0.4 is 10.6 Å². The molecule has 3 rings (SSSR count). The van der Waals surface area contributed by atoms with Crippen LogP contribution in [-0.4, -0.2) is 15.9 Å². The quantitative estimate of drug-likeness (QED) is 0.775. The highest BCUT2D eigenvalue weighted by molar-refractivity contribution is 5.93. The summed E-state index contributed by atoms with van der Waals surface area (Å²) in [7, 11) is 0. The van der Waals surface area contributed by atoms with E-state index >= 15 is 0 Å². The third-order valence-corrected chi connectivity index (χ3v) is 3.19. The van der Waals surface area contributed by atoms with Crippen molar-refractivity contribution in [1.29, 1.82) is 0 Å². The van der Waals surface area contributed by atoms with Gasteiger partial charge in [0.05, 0.1) is 5.52 Å². The van der Waals surface area contributed by atoms with Gasteiger partial charge in [-0.15, -0.1) is 0 Å². The maximum Gasteiger partial charge on any atom is 0.231 e. The fraction of sp³-hybridized carbons (Fsp3) is 0.118. The van der Waals surface area contributed by atoms with E-state index in [-0.39, 0.29) is 5.91 Å². The van der Waals surface area contributed by atoms with Gasteiger partial charge in [-0.1, -0.05) is 42.5 Å². The maximum atomic E-state index is 11.2. The summed E-state index contributed by atoms with van der Waals surface area (Å²) in [4.78, 5) is 20.0. The van der Waals surface area contributed by atoms with E-state index < -0.39 is 0 Å². The highest BCUT2D eigenvalue weighted by Gasteiger charge is 2.08. The topological polar surface area (TPSA) is 66.9 Å². The van der Waals surface area contributed by atoms with Gasteiger partial charge >= 0.3 is 0 Å². The molecule has 0 spiro atoms. The van der Waals surface area contributed by atoms with Crippen molar-refractivity contribution in [2.75, 3.05) is 10.6 Å². The Morgan fingerprint density at radius 1 is 1.00 bits per heavy atom. The highest BCUT2D eigenvalue weighted by atomic mass is 16.1. The van der Waals surface area contributed by atoms with E-state index in [1.165, 1.54) is 6.92 Å². The lowest BCUT2D eigenvalue weighted by molar-refractivity contribution is -0.114. The van der Waals surface area contributed by atoms with Crippen molar-refractivity contribution in [1.82, 2.24) is 9.97 Å². The third-order valence-electron chi connectivity index (χ3n) is 3.19. The molecule has 1 aromatic heterocycles. The fourth-order valence-corrected chi connectivity index (χ4v) is 2.21. The summed E-state index contributed by atoms with van der Waals surface area (Å²) in [5.74, 6) is 0.823. The van der Waals surface area contributed by atoms with Crippen molar-refractivity contribution in [2.45, 2.75) is 13.5 Å². The summed E-state index contributed by atoms with van der Waals surface area (Å²) in [6.45, 7) is 2.09. The van der Waals surface area contributed by atoms with E-state index in [0.29, 0.717) is 18.3 Å². The summed E-state index contributed by atoms with van der Waals surface area (Å²) < 4.78 is 0. The second-order valence-electron chi connectivity index (χ2n) is 4.93. The first-order valence-corrected chi connectivity index (χ1v) is 7.04. The lowest BCUT2D eigenvalue weighted by Gasteiger charge is -2.11. The molecule has 1 amide bonds. The van der Waals surface area contributed by atoms with Crippen LogP contribution in [0.3, 0.4) is 0 Å². The zero-order chi connectivity index (χ0) is 15.4. The molecule has 5 nitrogen and oxygen atoms in total. The van der Waals surface area contributed by atoms with Crippen LogP contribution >= 0.6 is 0 Å². The number of carbonyl (C=O) groups is 1. The van der Waals surface area contributed by atoms with Crippen LogP contribution in [0.15, 0.2) is 54.6 Å². The van der Waals surface area contributed by atoms with E-state index in [0.717, 1.165) is 16.5 Å². The predicted octanol–water partition coefficient (Wildman–Crippen LogP) is 3.20. The van der Waals surface area contributed by atoms with Crippen molar-refractivity contribution >= 4 is 28.6 Å². The standard InChI is InChI=1S/C17H16N4O/c1-12(22)19-17-20-15-10-6-5-9-14(15)16(21-17)18-11-13-7-3-2-4-8-13/h2-10H,11H2,1H3,(H2,18,19,20,21,22). The number of hydrogen-bond acceptors (Lipinski definition) is 4. The summed E-state index contributed by atoms with van der Waals surface area (Å²) in [5.41, 5.74) is 1.95. The molecule has 2 N–H and O–H groups in total. The fourth-order valence-electron chi connectivity index (χ4n) is 2.21. The normalized spacial score (nSPS) is 10.4. The molecule has 0 aliphatic carbocycles. The summed E-state index contributed by atoms with van der Waals surface area (Å²) in [6, 6.07) is 17.8. The molecule has 1 heterocycles. The molecular weight excluding hydrogens is 276 g/mol. The number of hydrogen-bond donors (Lipinski definition) is 2. The van der Waals surface area contributed by atoms with Gasteiger partial charge in [-0.25, -0.2) is 4.98 Å². The number of benzene rings is 2. The Morgan fingerprint density at radius 3 is 2.50 bits per heavy atom. The van der Waals surface area contributed by atoms with E-state index in [1.54, 1.807) is 0 Å². The van der Waals surface area contributed by atoms with Gasteiger partial charge in [-0.3, -0.25) is 10.1 Å². The van der Waals surface area contributed by atoms with E-state index in [2.05, 4.69) is 20.6 Å². The number of para-hydroxylation sites is 1. The molecule has 0 atom stereocenters. The summed E-state index contributed by atoms with van der Waals surface area (Å²) >= 11 is 0. The average molecular weight is 292 g/mol. The Labute approximate surface area is 128 Å². The predicted molar refractivity (Wildman–Crippen MR) is 87.6 cm³/mol. The van der Waals surface area contributed by atoms with E-state index in [9.17, 15) is 4.79 Å². The Morgan fingerprint density at radius 2 is 1.73 bits per heavy atom. The minimum absolute atomic E-state index is 0.190. The van der Waals surface area contributed by atoms with Gasteiger partial charge in [0.25, 0.3) is 0 Å². The average Bonchev–Trinajstić information content (AvgIpc) is 2.53. The molecule has 0 radical (unpaired) electrons. The number of nitrogens with zero attached hydrogens (tertiary/aromatic N) is 2. The van der Waals surface area contributed by atoms with Crippen LogP contribution in [0.2, 0.25) is 0 Å². The van der Waals surface area contributed by atoms with Gasteiger partial charge in [0.1, 0.15) is 5.82 Å². The van der Waals surface area contributed by atoms with E-state index in [4.69, 9.17) is 0 Å². The van der Waals surface area contributed by atoms with Gasteiger partial charge in [0.2, 0.25) is 11.9 Å². The number of aromatic nitrogens is 2. The molecule has 110 valence electrons. The molecule has 0 bridgehead atoms. The first kappa shape index (κ1) is 14.0. The molecular formula is C17H16N4O. The molecule has 0 saturated heterocycles. The molecule has 0 fully saturated rings. The summed E-state index contributed by atoms with van der Waals surface area (Å²) in [5, 5.41) is 6.87.